The SMILES string of the molecule is COc1ccc(-c2ccc3cnc(Nc4ccc(N5CCN(C)CC5)c(F)c4)nn23)cn1. The molecule has 0 atom stereocenters. The standard InChI is InChI=1S/C23H24FN7O/c1-29-9-11-30(12-10-29)21-6-4-17(13-19(21)24)27-23-26-15-18-5-7-20(31(18)28-23)16-3-8-22(32-2)25-14-16/h3-8,13-15H,9-12H2,1-2H3,(H,27,28). The number of fused-ring (bicyclic) bond motifs is 1. The number of nitrogens with zero attached hydrogens (tertiary/aromatic N) is 6. The van der Waals surface area contributed by atoms with Gasteiger partial charge in [0.15, 0.2) is 0 Å². The average Bonchev–Trinajstić information content (AvgIpc) is 3.23. The van der Waals surface area contributed by atoms with Gasteiger partial charge in [0.25, 0.3) is 0 Å². The van der Waals surface area contributed by atoms with Crippen molar-refractivity contribution in [2.75, 3.05) is 50.6 Å². The first-order valence-corrected chi connectivity index (χ1v) is 10.5. The fraction of sp³-hybridized carbons (Fsp3) is 0.261. The first-order valence-electron chi connectivity index (χ1n) is 10.5. The second-order valence-corrected chi connectivity index (χ2v) is 7.81. The highest BCUT2D eigenvalue weighted by atomic mass is 19.1. The molecule has 0 saturated carbocycles. The molecule has 1 aliphatic rings. The van der Waals surface area contributed by atoms with Crippen LogP contribution in [0, 0.1) is 5.82 Å². The van der Waals surface area contributed by atoms with Crippen LogP contribution in [0.25, 0.3) is 16.8 Å². The van der Waals surface area contributed by atoms with Crippen LogP contribution in [-0.4, -0.2) is 64.8 Å². The molecule has 5 rings (SSSR count). The molecule has 0 spiro atoms. The smallest absolute Gasteiger partial charge is 0.245 e. The van der Waals surface area contributed by atoms with Crippen molar-refractivity contribution < 1.29 is 9.13 Å². The Kier molecular flexibility index (Phi) is 5.32. The van der Waals surface area contributed by atoms with E-state index < -0.39 is 0 Å². The monoisotopic (exact) mass is 433 g/mol. The lowest BCUT2D eigenvalue weighted by Gasteiger charge is -2.34. The van der Waals surface area contributed by atoms with Crippen molar-refractivity contribution in [1.82, 2.24) is 24.5 Å². The molecule has 164 valence electrons. The molecule has 4 heterocycles. The van der Waals surface area contributed by atoms with Gasteiger partial charge in [0.2, 0.25) is 11.8 Å². The van der Waals surface area contributed by atoms with Crippen LogP contribution in [0.4, 0.5) is 21.7 Å². The number of ether oxygens (including phenoxy) is 1. The molecular formula is C23H24FN7O. The maximum absolute atomic E-state index is 14.8. The number of benzene rings is 1. The largest absolute Gasteiger partial charge is 0.481 e. The summed E-state index contributed by atoms with van der Waals surface area (Å²) in [5.41, 5.74) is 3.84. The van der Waals surface area contributed by atoms with Crippen LogP contribution >= 0.6 is 0 Å². The number of methoxy groups -OCH3 is 1. The van der Waals surface area contributed by atoms with Gasteiger partial charge in [-0.15, -0.1) is 5.10 Å². The maximum atomic E-state index is 14.8. The topological polar surface area (TPSA) is 70.8 Å². The highest BCUT2D eigenvalue weighted by Crippen LogP contribution is 2.26. The minimum absolute atomic E-state index is 0.258. The van der Waals surface area contributed by atoms with Gasteiger partial charge in [-0.25, -0.2) is 18.9 Å². The van der Waals surface area contributed by atoms with Crippen LogP contribution in [-0.2, 0) is 0 Å². The Bertz CT molecular complexity index is 1230. The van der Waals surface area contributed by atoms with E-state index in [-0.39, 0.29) is 5.82 Å². The summed E-state index contributed by atoms with van der Waals surface area (Å²) in [5.74, 6) is 0.670. The lowest BCUT2D eigenvalue weighted by atomic mass is 10.2. The third-order valence-corrected chi connectivity index (χ3v) is 5.69. The van der Waals surface area contributed by atoms with Gasteiger partial charge in [-0.1, -0.05) is 0 Å². The number of anilines is 3. The quantitative estimate of drug-likeness (QED) is 0.517. The fourth-order valence-corrected chi connectivity index (χ4v) is 3.85. The molecule has 0 amide bonds. The summed E-state index contributed by atoms with van der Waals surface area (Å²) in [5, 5.41) is 7.71. The Hall–Kier alpha value is -3.72. The maximum Gasteiger partial charge on any atom is 0.245 e. The van der Waals surface area contributed by atoms with E-state index >= 15 is 0 Å². The summed E-state index contributed by atoms with van der Waals surface area (Å²) >= 11 is 0. The Morgan fingerprint density at radius 1 is 0.969 bits per heavy atom. The molecule has 0 unspecified atom stereocenters. The molecular weight excluding hydrogens is 409 g/mol. The summed E-state index contributed by atoms with van der Waals surface area (Å²) < 4.78 is 21.7. The van der Waals surface area contributed by atoms with Gasteiger partial charge in [0.05, 0.1) is 30.2 Å². The first-order chi connectivity index (χ1) is 15.6. The number of halogens is 1. The van der Waals surface area contributed by atoms with Gasteiger partial charge in [-0.3, -0.25) is 0 Å². The van der Waals surface area contributed by atoms with E-state index in [0.29, 0.717) is 23.2 Å². The number of nitrogens with one attached hydrogen (secondary N) is 1. The van der Waals surface area contributed by atoms with Gasteiger partial charge < -0.3 is 19.9 Å². The van der Waals surface area contributed by atoms with E-state index in [1.165, 1.54) is 6.07 Å². The van der Waals surface area contributed by atoms with E-state index in [4.69, 9.17) is 4.74 Å². The number of hydrogen-bond donors (Lipinski definition) is 1. The molecule has 9 heteroatoms. The van der Waals surface area contributed by atoms with Crippen LogP contribution in [0.15, 0.2) is 54.9 Å². The van der Waals surface area contributed by atoms with Crippen LogP contribution in [0.3, 0.4) is 0 Å². The van der Waals surface area contributed by atoms with Crippen LogP contribution in [0.5, 0.6) is 5.88 Å². The van der Waals surface area contributed by atoms with E-state index in [2.05, 4.69) is 37.2 Å². The summed E-state index contributed by atoms with van der Waals surface area (Å²) in [6.07, 6.45) is 3.47. The summed E-state index contributed by atoms with van der Waals surface area (Å²) in [7, 11) is 3.67. The van der Waals surface area contributed by atoms with Gasteiger partial charge in [0.1, 0.15) is 5.82 Å². The number of piperazine rings is 1. The molecule has 0 radical (unpaired) electrons. The lowest BCUT2D eigenvalue weighted by molar-refractivity contribution is 0.311. The van der Waals surface area contributed by atoms with Crippen LogP contribution in [0.1, 0.15) is 0 Å². The molecule has 1 saturated heterocycles. The molecule has 0 aliphatic carbocycles. The summed E-state index contributed by atoms with van der Waals surface area (Å²) in [6, 6.07) is 12.8. The normalized spacial score (nSPS) is 14.7. The second kappa shape index (κ2) is 8.43. The lowest BCUT2D eigenvalue weighted by Crippen LogP contribution is -2.44. The zero-order valence-corrected chi connectivity index (χ0v) is 18.0. The third-order valence-electron chi connectivity index (χ3n) is 5.69. The average molecular weight is 433 g/mol. The molecule has 1 N–H and O–H groups in total. The second-order valence-electron chi connectivity index (χ2n) is 7.81. The van der Waals surface area contributed by atoms with Crippen molar-refractivity contribution in [2.45, 2.75) is 0 Å². The molecule has 32 heavy (non-hydrogen) atoms. The van der Waals surface area contributed by atoms with E-state index in [1.807, 2.05) is 30.3 Å². The fourth-order valence-electron chi connectivity index (χ4n) is 3.85. The van der Waals surface area contributed by atoms with Crippen molar-refractivity contribution in [3.8, 4) is 17.1 Å². The Morgan fingerprint density at radius 3 is 2.53 bits per heavy atom. The minimum Gasteiger partial charge on any atom is -0.481 e. The van der Waals surface area contributed by atoms with E-state index in [9.17, 15) is 4.39 Å². The number of rotatable bonds is 5. The van der Waals surface area contributed by atoms with Gasteiger partial charge >= 0.3 is 0 Å². The predicted octanol–water partition coefficient (Wildman–Crippen LogP) is 3.43. The Morgan fingerprint density at radius 2 is 1.81 bits per heavy atom. The predicted molar refractivity (Wildman–Crippen MR) is 122 cm³/mol. The number of aromatic nitrogens is 4. The summed E-state index contributed by atoms with van der Waals surface area (Å²) in [4.78, 5) is 13.0. The zero-order valence-electron chi connectivity index (χ0n) is 18.0. The number of hydrogen-bond acceptors (Lipinski definition) is 7. The van der Waals surface area contributed by atoms with E-state index in [0.717, 1.165) is 43.0 Å². The van der Waals surface area contributed by atoms with Crippen LogP contribution in [0.2, 0.25) is 0 Å². The molecule has 3 aromatic heterocycles. The third kappa shape index (κ3) is 3.94. The van der Waals surface area contributed by atoms with Crippen molar-refractivity contribution >= 4 is 22.8 Å². The van der Waals surface area contributed by atoms with Crippen molar-refractivity contribution in [3.63, 3.8) is 0 Å². The highest BCUT2D eigenvalue weighted by molar-refractivity contribution is 5.67. The first kappa shape index (κ1) is 20.2. The molecule has 4 aromatic rings. The van der Waals surface area contributed by atoms with E-state index in [1.54, 1.807) is 30.1 Å². The number of likely N-dealkylation sites (N-methyl/N-ethyl adjacent to an activating group) is 1. The van der Waals surface area contributed by atoms with Crippen LogP contribution < -0.4 is 15.0 Å². The Balaban J connectivity index is 1.38. The van der Waals surface area contributed by atoms with Crippen molar-refractivity contribution in [1.29, 1.82) is 0 Å². The minimum atomic E-state index is -0.258. The number of pyridine rings is 1. The summed E-state index contributed by atoms with van der Waals surface area (Å²) in [6.45, 7) is 3.49. The highest BCUT2D eigenvalue weighted by Gasteiger charge is 2.18. The van der Waals surface area contributed by atoms with Gasteiger partial charge in [-0.05, 0) is 43.4 Å². The zero-order chi connectivity index (χ0) is 22.1. The molecule has 1 aromatic carbocycles. The van der Waals surface area contributed by atoms with Gasteiger partial charge in [-0.2, -0.15) is 0 Å². The molecule has 0 bridgehead atoms. The Labute approximate surface area is 185 Å². The van der Waals surface area contributed by atoms with Crippen molar-refractivity contribution in [2.24, 2.45) is 0 Å². The van der Waals surface area contributed by atoms with Gasteiger partial charge in [0, 0.05) is 49.7 Å². The molecule has 8 nitrogen and oxygen atoms in total. The molecule has 1 fully saturated rings. The molecule has 1 aliphatic heterocycles. The van der Waals surface area contributed by atoms with Crippen molar-refractivity contribution in [3.05, 3.63) is 60.7 Å².